The first-order chi connectivity index (χ1) is 11.6. The van der Waals surface area contributed by atoms with Gasteiger partial charge in [0.2, 0.25) is 0 Å². The molecule has 0 spiro atoms. The first kappa shape index (κ1) is 17.4. The number of likely N-dealkylation sites (N-methyl/N-ethyl adjacent to an activating group) is 1. The third-order valence-corrected chi connectivity index (χ3v) is 3.78. The highest BCUT2D eigenvalue weighted by atomic mass is 16.6. The van der Waals surface area contributed by atoms with Crippen molar-refractivity contribution >= 4 is 23.2 Å². The first-order valence-corrected chi connectivity index (χ1v) is 7.87. The summed E-state index contributed by atoms with van der Waals surface area (Å²) in [6.45, 7) is 5.13. The summed E-state index contributed by atoms with van der Waals surface area (Å²) in [5.41, 5.74) is 2.18. The second-order valence-electron chi connectivity index (χ2n) is 5.25. The number of hydrogen-bond donors (Lipinski definition) is 0. The van der Waals surface area contributed by atoms with Gasteiger partial charge in [-0.25, -0.2) is 0 Å². The van der Waals surface area contributed by atoms with Crippen LogP contribution in [0.1, 0.15) is 25.0 Å². The topological polar surface area (TPSA) is 63.5 Å². The number of nitro groups is 1. The lowest BCUT2D eigenvalue weighted by molar-refractivity contribution is -0.384. The van der Waals surface area contributed by atoms with Gasteiger partial charge in [-0.3, -0.25) is 14.9 Å². The van der Waals surface area contributed by atoms with E-state index in [1.54, 1.807) is 23.1 Å². The Balaban J connectivity index is 2.45. The number of nitro benzene ring substituents is 1. The van der Waals surface area contributed by atoms with E-state index in [0.29, 0.717) is 18.7 Å². The lowest BCUT2D eigenvalue weighted by Crippen LogP contribution is -2.31. The fourth-order valence-electron chi connectivity index (χ4n) is 2.43. The van der Waals surface area contributed by atoms with Crippen molar-refractivity contribution in [1.82, 2.24) is 4.90 Å². The maximum Gasteiger partial charge on any atom is 0.269 e. The van der Waals surface area contributed by atoms with Gasteiger partial charge in [0.05, 0.1) is 4.92 Å². The van der Waals surface area contributed by atoms with Gasteiger partial charge in [0, 0.05) is 30.8 Å². The molecule has 0 radical (unpaired) electrons. The highest BCUT2D eigenvalue weighted by Gasteiger charge is 2.17. The van der Waals surface area contributed by atoms with Crippen LogP contribution in [0, 0.1) is 10.1 Å². The molecule has 24 heavy (non-hydrogen) atoms. The van der Waals surface area contributed by atoms with Gasteiger partial charge in [0.15, 0.2) is 0 Å². The van der Waals surface area contributed by atoms with Gasteiger partial charge in [0.25, 0.3) is 11.6 Å². The molecule has 0 bridgehead atoms. The van der Waals surface area contributed by atoms with Gasteiger partial charge >= 0.3 is 0 Å². The molecule has 0 saturated heterocycles. The van der Waals surface area contributed by atoms with Gasteiger partial charge < -0.3 is 4.90 Å². The molecule has 0 aliphatic carbocycles. The predicted octanol–water partition coefficient (Wildman–Crippen LogP) is 4.00. The van der Waals surface area contributed by atoms with E-state index in [-0.39, 0.29) is 11.6 Å². The summed E-state index contributed by atoms with van der Waals surface area (Å²) < 4.78 is 0. The van der Waals surface area contributed by atoms with E-state index >= 15 is 0 Å². The van der Waals surface area contributed by atoms with Gasteiger partial charge in [0.1, 0.15) is 0 Å². The molecule has 124 valence electrons. The van der Waals surface area contributed by atoms with E-state index < -0.39 is 4.92 Å². The quantitative estimate of drug-likeness (QED) is 0.349. The summed E-state index contributed by atoms with van der Waals surface area (Å²) in [5.74, 6) is -0.0513. The van der Waals surface area contributed by atoms with Crippen molar-refractivity contribution in [2.75, 3.05) is 13.1 Å². The average Bonchev–Trinajstić information content (AvgIpc) is 2.61. The second-order valence-corrected chi connectivity index (χ2v) is 5.25. The normalized spacial score (nSPS) is 11.2. The Morgan fingerprint density at radius 3 is 2.12 bits per heavy atom. The fraction of sp³-hybridized carbons (Fsp3) is 0.211. The van der Waals surface area contributed by atoms with Crippen LogP contribution >= 0.6 is 0 Å². The number of nitrogens with zero attached hydrogens (tertiary/aromatic N) is 2. The van der Waals surface area contributed by atoms with Gasteiger partial charge in [-0.05, 0) is 43.2 Å². The van der Waals surface area contributed by atoms with E-state index in [9.17, 15) is 14.9 Å². The van der Waals surface area contributed by atoms with Crippen molar-refractivity contribution in [3.63, 3.8) is 0 Å². The molecule has 0 heterocycles. The smallest absolute Gasteiger partial charge is 0.269 e. The van der Waals surface area contributed by atoms with Gasteiger partial charge in [-0.15, -0.1) is 0 Å². The van der Waals surface area contributed by atoms with Crippen LogP contribution in [0.3, 0.4) is 0 Å². The van der Waals surface area contributed by atoms with Gasteiger partial charge in [-0.1, -0.05) is 30.3 Å². The van der Waals surface area contributed by atoms with E-state index in [2.05, 4.69) is 0 Å². The second kappa shape index (κ2) is 8.06. The minimum Gasteiger partial charge on any atom is -0.339 e. The summed E-state index contributed by atoms with van der Waals surface area (Å²) in [5, 5.41) is 10.8. The molecule has 0 aliphatic rings. The molecular formula is C19H20N2O3. The lowest BCUT2D eigenvalue weighted by Gasteiger charge is -2.20. The average molecular weight is 324 g/mol. The van der Waals surface area contributed by atoms with E-state index in [1.165, 1.54) is 12.1 Å². The van der Waals surface area contributed by atoms with Crippen LogP contribution in [0.5, 0.6) is 0 Å². The maximum absolute atomic E-state index is 12.8. The number of carbonyl (C=O) groups is 1. The summed E-state index contributed by atoms with van der Waals surface area (Å²) in [7, 11) is 0. The third-order valence-electron chi connectivity index (χ3n) is 3.78. The molecule has 5 heteroatoms. The molecule has 0 aromatic heterocycles. The Morgan fingerprint density at radius 1 is 1.04 bits per heavy atom. The van der Waals surface area contributed by atoms with Crippen LogP contribution in [0.2, 0.25) is 0 Å². The van der Waals surface area contributed by atoms with Crippen molar-refractivity contribution < 1.29 is 9.72 Å². The molecule has 1 amide bonds. The molecule has 0 N–H and O–H groups in total. The fourth-order valence-corrected chi connectivity index (χ4v) is 2.43. The summed E-state index contributed by atoms with van der Waals surface area (Å²) in [6, 6.07) is 15.6. The molecule has 0 unspecified atom stereocenters. The van der Waals surface area contributed by atoms with Crippen LogP contribution in [0.15, 0.2) is 54.6 Å². The highest BCUT2D eigenvalue weighted by Crippen LogP contribution is 2.22. The van der Waals surface area contributed by atoms with E-state index in [0.717, 1.165) is 11.1 Å². The Kier molecular flexibility index (Phi) is 5.84. The van der Waals surface area contributed by atoms with Crippen LogP contribution in [0.4, 0.5) is 5.69 Å². The minimum absolute atomic E-state index is 0.0310. The van der Waals surface area contributed by atoms with Crippen LogP contribution in [-0.2, 0) is 4.79 Å². The number of non-ortho nitro benzene ring substituents is 1. The van der Waals surface area contributed by atoms with Crippen LogP contribution in [0.25, 0.3) is 11.6 Å². The number of carbonyl (C=O) groups excluding carboxylic acids is 1. The summed E-state index contributed by atoms with van der Waals surface area (Å²) >= 11 is 0. The van der Waals surface area contributed by atoms with Crippen molar-refractivity contribution in [2.45, 2.75) is 13.8 Å². The van der Waals surface area contributed by atoms with Gasteiger partial charge in [-0.2, -0.15) is 0 Å². The number of benzene rings is 2. The SMILES string of the molecule is CCN(CC)C(=O)/C(=C/c1ccc([N+](=O)[O-])cc1)c1ccccc1. The lowest BCUT2D eigenvalue weighted by atomic mass is 10.0. The number of amides is 1. The minimum atomic E-state index is -0.438. The molecule has 2 aromatic carbocycles. The standard InChI is InChI=1S/C19H20N2O3/c1-3-20(4-2)19(22)18(16-8-6-5-7-9-16)14-15-10-12-17(13-11-15)21(23)24/h5-14H,3-4H2,1-2H3/b18-14+. The first-order valence-electron chi connectivity index (χ1n) is 7.87. The molecular weight excluding hydrogens is 304 g/mol. The van der Waals surface area contributed by atoms with Crippen molar-refractivity contribution in [3.05, 3.63) is 75.8 Å². The molecule has 2 rings (SSSR count). The van der Waals surface area contributed by atoms with Crippen LogP contribution < -0.4 is 0 Å². The van der Waals surface area contributed by atoms with Crippen molar-refractivity contribution in [2.24, 2.45) is 0 Å². The zero-order valence-electron chi connectivity index (χ0n) is 13.8. The molecule has 0 aliphatic heterocycles. The maximum atomic E-state index is 12.8. The number of hydrogen-bond acceptors (Lipinski definition) is 3. The molecule has 0 fully saturated rings. The zero-order valence-corrected chi connectivity index (χ0v) is 13.8. The van der Waals surface area contributed by atoms with E-state index in [1.807, 2.05) is 44.2 Å². The molecule has 2 aromatic rings. The monoisotopic (exact) mass is 324 g/mol. The Morgan fingerprint density at radius 2 is 1.62 bits per heavy atom. The molecule has 5 nitrogen and oxygen atoms in total. The van der Waals surface area contributed by atoms with Crippen molar-refractivity contribution in [1.29, 1.82) is 0 Å². The Labute approximate surface area is 141 Å². The summed E-state index contributed by atoms with van der Waals surface area (Å²) in [6.07, 6.45) is 1.78. The van der Waals surface area contributed by atoms with Crippen LogP contribution in [-0.4, -0.2) is 28.8 Å². The molecule has 0 atom stereocenters. The Bertz CT molecular complexity index is 733. The largest absolute Gasteiger partial charge is 0.339 e. The van der Waals surface area contributed by atoms with Crippen molar-refractivity contribution in [3.8, 4) is 0 Å². The number of rotatable bonds is 6. The van der Waals surface area contributed by atoms with E-state index in [4.69, 9.17) is 0 Å². The summed E-state index contributed by atoms with van der Waals surface area (Å²) in [4.78, 5) is 24.9. The third kappa shape index (κ3) is 4.07. The highest BCUT2D eigenvalue weighted by molar-refractivity contribution is 6.24. The Hall–Kier alpha value is -2.95. The zero-order chi connectivity index (χ0) is 17.5. The molecule has 0 saturated carbocycles. The predicted molar refractivity (Wildman–Crippen MR) is 95.3 cm³/mol.